The van der Waals surface area contributed by atoms with Gasteiger partial charge in [0.2, 0.25) is 0 Å². The first-order valence-corrected chi connectivity index (χ1v) is 8.57. The molecule has 2 rings (SSSR count). The molecule has 0 spiro atoms. The second kappa shape index (κ2) is 7.95. The highest BCUT2D eigenvalue weighted by atomic mass is 15.1. The van der Waals surface area contributed by atoms with Crippen molar-refractivity contribution >= 4 is 0 Å². The minimum Gasteiger partial charge on any atom is -0.312 e. The Morgan fingerprint density at radius 1 is 1.10 bits per heavy atom. The van der Waals surface area contributed by atoms with Gasteiger partial charge in [0, 0.05) is 25.7 Å². The van der Waals surface area contributed by atoms with Gasteiger partial charge in [-0.05, 0) is 56.2 Å². The van der Waals surface area contributed by atoms with Crippen LogP contribution in [0.25, 0.3) is 0 Å². The quantitative estimate of drug-likeness (QED) is 0.737. The van der Waals surface area contributed by atoms with Gasteiger partial charge in [0.15, 0.2) is 0 Å². The average Bonchev–Trinajstić information content (AvgIpc) is 3.23. The summed E-state index contributed by atoms with van der Waals surface area (Å²) < 4.78 is 0. The van der Waals surface area contributed by atoms with Crippen LogP contribution in [0.3, 0.4) is 0 Å². The molecule has 1 N–H and O–H groups in total. The van der Waals surface area contributed by atoms with E-state index >= 15 is 0 Å². The summed E-state index contributed by atoms with van der Waals surface area (Å²) in [7, 11) is 0. The largest absolute Gasteiger partial charge is 0.312 e. The van der Waals surface area contributed by atoms with Crippen LogP contribution in [0.1, 0.15) is 51.7 Å². The summed E-state index contributed by atoms with van der Waals surface area (Å²) in [6.45, 7) is 13.6. The van der Waals surface area contributed by atoms with Crippen molar-refractivity contribution in [3.8, 4) is 0 Å². The Kier molecular flexibility index (Phi) is 6.25. The Hall–Kier alpha value is -0.860. The maximum Gasteiger partial charge on any atom is 0.0239 e. The van der Waals surface area contributed by atoms with Crippen molar-refractivity contribution in [2.75, 3.05) is 13.1 Å². The van der Waals surface area contributed by atoms with Crippen LogP contribution in [-0.4, -0.2) is 24.0 Å². The number of benzene rings is 1. The van der Waals surface area contributed by atoms with Crippen molar-refractivity contribution in [3.05, 3.63) is 35.4 Å². The van der Waals surface area contributed by atoms with Crippen LogP contribution < -0.4 is 5.32 Å². The van der Waals surface area contributed by atoms with E-state index in [4.69, 9.17) is 0 Å². The second-order valence-electron chi connectivity index (χ2n) is 7.26. The number of hydrogen-bond donors (Lipinski definition) is 1. The number of hydrogen-bond acceptors (Lipinski definition) is 2. The van der Waals surface area contributed by atoms with Gasteiger partial charge in [-0.2, -0.15) is 0 Å². The molecule has 1 fully saturated rings. The van der Waals surface area contributed by atoms with Gasteiger partial charge in [-0.25, -0.2) is 0 Å². The van der Waals surface area contributed by atoms with E-state index in [0.717, 1.165) is 25.6 Å². The first-order valence-electron chi connectivity index (χ1n) is 8.57. The van der Waals surface area contributed by atoms with Gasteiger partial charge in [-0.3, -0.25) is 4.90 Å². The fourth-order valence-corrected chi connectivity index (χ4v) is 2.69. The lowest BCUT2D eigenvalue weighted by atomic mass is 10.1. The molecule has 118 valence electrons. The molecule has 2 nitrogen and oxygen atoms in total. The van der Waals surface area contributed by atoms with E-state index in [1.807, 2.05) is 0 Å². The van der Waals surface area contributed by atoms with Crippen molar-refractivity contribution in [2.24, 2.45) is 11.8 Å². The van der Waals surface area contributed by atoms with Crippen LogP contribution in [-0.2, 0) is 13.1 Å². The highest BCUT2D eigenvalue weighted by molar-refractivity contribution is 5.27. The van der Waals surface area contributed by atoms with Gasteiger partial charge >= 0.3 is 0 Å². The van der Waals surface area contributed by atoms with Crippen LogP contribution in [0.4, 0.5) is 0 Å². The lowest BCUT2D eigenvalue weighted by Gasteiger charge is -2.27. The smallest absolute Gasteiger partial charge is 0.0239 e. The zero-order valence-corrected chi connectivity index (χ0v) is 14.2. The summed E-state index contributed by atoms with van der Waals surface area (Å²) in [5, 5.41) is 3.58. The first-order chi connectivity index (χ1) is 10.1. The zero-order valence-electron chi connectivity index (χ0n) is 14.2. The lowest BCUT2D eigenvalue weighted by molar-refractivity contribution is 0.203. The molecule has 0 bridgehead atoms. The van der Waals surface area contributed by atoms with E-state index in [1.165, 1.54) is 30.5 Å². The van der Waals surface area contributed by atoms with Gasteiger partial charge in [-0.15, -0.1) is 0 Å². The Morgan fingerprint density at radius 3 is 2.33 bits per heavy atom. The van der Waals surface area contributed by atoms with Gasteiger partial charge in [0.1, 0.15) is 0 Å². The predicted molar refractivity (Wildman–Crippen MR) is 91.3 cm³/mol. The molecule has 0 radical (unpaired) electrons. The third-order valence-electron chi connectivity index (χ3n) is 4.28. The van der Waals surface area contributed by atoms with Crippen LogP contribution in [0, 0.1) is 11.8 Å². The van der Waals surface area contributed by atoms with E-state index in [1.54, 1.807) is 0 Å². The molecule has 0 amide bonds. The minimum atomic E-state index is 0.627. The van der Waals surface area contributed by atoms with Crippen LogP contribution in [0.2, 0.25) is 0 Å². The molecule has 1 saturated carbocycles. The summed E-state index contributed by atoms with van der Waals surface area (Å²) in [5.74, 6) is 1.66. The molecular weight excluding hydrogens is 256 g/mol. The van der Waals surface area contributed by atoms with Crippen LogP contribution in [0.5, 0.6) is 0 Å². The SMILES string of the molecule is CC(C)CNCc1ccccc1CN(CC1CC1)C(C)C. The lowest BCUT2D eigenvalue weighted by Crippen LogP contribution is -2.33. The first kappa shape index (κ1) is 16.5. The second-order valence-corrected chi connectivity index (χ2v) is 7.26. The van der Waals surface area contributed by atoms with E-state index in [-0.39, 0.29) is 0 Å². The summed E-state index contributed by atoms with van der Waals surface area (Å²) in [6.07, 6.45) is 2.86. The molecule has 0 aromatic heterocycles. The topological polar surface area (TPSA) is 15.3 Å². The molecule has 21 heavy (non-hydrogen) atoms. The molecular formula is C19H32N2. The third-order valence-corrected chi connectivity index (χ3v) is 4.28. The van der Waals surface area contributed by atoms with Crippen molar-refractivity contribution in [1.29, 1.82) is 0 Å². The summed E-state index contributed by atoms with van der Waals surface area (Å²) in [6, 6.07) is 9.54. The van der Waals surface area contributed by atoms with E-state index in [9.17, 15) is 0 Å². The van der Waals surface area contributed by atoms with E-state index in [2.05, 4.69) is 62.2 Å². The number of nitrogens with zero attached hydrogens (tertiary/aromatic N) is 1. The Balaban J connectivity index is 1.96. The van der Waals surface area contributed by atoms with Crippen molar-refractivity contribution in [1.82, 2.24) is 10.2 Å². The molecule has 1 aliphatic rings. The van der Waals surface area contributed by atoms with Gasteiger partial charge in [0.05, 0.1) is 0 Å². The van der Waals surface area contributed by atoms with E-state index < -0.39 is 0 Å². The zero-order chi connectivity index (χ0) is 15.2. The number of rotatable bonds is 9. The van der Waals surface area contributed by atoms with Gasteiger partial charge < -0.3 is 5.32 Å². The number of nitrogens with one attached hydrogen (secondary N) is 1. The Morgan fingerprint density at radius 2 is 1.76 bits per heavy atom. The highest BCUT2D eigenvalue weighted by Crippen LogP contribution is 2.31. The average molecular weight is 288 g/mol. The van der Waals surface area contributed by atoms with Gasteiger partial charge in [0.25, 0.3) is 0 Å². The molecule has 0 aliphatic heterocycles. The fraction of sp³-hybridized carbons (Fsp3) is 0.684. The third kappa shape index (κ3) is 5.80. The van der Waals surface area contributed by atoms with Crippen molar-refractivity contribution in [2.45, 2.75) is 59.7 Å². The molecule has 0 heterocycles. The summed E-state index contributed by atoms with van der Waals surface area (Å²) >= 11 is 0. The van der Waals surface area contributed by atoms with Crippen LogP contribution in [0.15, 0.2) is 24.3 Å². The normalized spacial score (nSPS) is 15.4. The fourth-order valence-electron chi connectivity index (χ4n) is 2.69. The monoisotopic (exact) mass is 288 g/mol. The molecule has 0 unspecified atom stereocenters. The molecule has 0 saturated heterocycles. The Labute approximate surface area is 130 Å². The molecule has 1 aromatic carbocycles. The maximum atomic E-state index is 3.58. The molecule has 1 aromatic rings. The van der Waals surface area contributed by atoms with Crippen LogP contribution >= 0.6 is 0 Å². The Bertz CT molecular complexity index is 421. The summed E-state index contributed by atoms with van der Waals surface area (Å²) in [4.78, 5) is 2.64. The standard InChI is InChI=1S/C19H32N2/c1-15(2)11-20-12-18-7-5-6-8-19(18)14-21(16(3)4)13-17-9-10-17/h5-8,15-17,20H,9-14H2,1-4H3. The van der Waals surface area contributed by atoms with E-state index in [0.29, 0.717) is 12.0 Å². The predicted octanol–water partition coefficient (Wildman–Crippen LogP) is 4.05. The summed E-state index contributed by atoms with van der Waals surface area (Å²) in [5.41, 5.74) is 2.95. The highest BCUT2D eigenvalue weighted by Gasteiger charge is 2.25. The van der Waals surface area contributed by atoms with Crippen molar-refractivity contribution in [3.63, 3.8) is 0 Å². The molecule has 0 atom stereocenters. The van der Waals surface area contributed by atoms with Gasteiger partial charge in [-0.1, -0.05) is 38.1 Å². The molecule has 1 aliphatic carbocycles. The van der Waals surface area contributed by atoms with Crippen molar-refractivity contribution < 1.29 is 0 Å². The maximum absolute atomic E-state index is 3.58. The molecule has 2 heteroatoms. The minimum absolute atomic E-state index is 0.627.